The molecule has 0 aliphatic carbocycles. The largest absolute Gasteiger partial charge is 0.497 e. The number of aromatic amines is 1. The molecule has 0 saturated carbocycles. The number of hydrogen-bond donors (Lipinski definition) is 1. The first-order chi connectivity index (χ1) is 13.7. The summed E-state index contributed by atoms with van der Waals surface area (Å²) in [6.45, 7) is 4.19. The fraction of sp³-hybridized carbons (Fsp3) is 0.524. The van der Waals surface area contributed by atoms with E-state index in [1.165, 1.54) is 6.42 Å². The summed E-state index contributed by atoms with van der Waals surface area (Å²) in [5.74, 6) is 2.33. The summed E-state index contributed by atoms with van der Waals surface area (Å²) in [5, 5.41) is 0. The molecule has 0 amide bonds. The molecule has 1 saturated heterocycles. The number of rotatable bonds is 5. The van der Waals surface area contributed by atoms with E-state index >= 15 is 0 Å². The summed E-state index contributed by atoms with van der Waals surface area (Å²) in [6.07, 6.45) is 4.29. The molecule has 0 unspecified atom stereocenters. The van der Waals surface area contributed by atoms with Gasteiger partial charge in [-0.3, -0.25) is 14.7 Å². The zero-order valence-electron chi connectivity index (χ0n) is 16.7. The van der Waals surface area contributed by atoms with Gasteiger partial charge in [-0.05, 0) is 31.7 Å². The van der Waals surface area contributed by atoms with Crippen LogP contribution in [0.2, 0.25) is 0 Å². The van der Waals surface area contributed by atoms with Gasteiger partial charge < -0.3 is 14.4 Å². The van der Waals surface area contributed by atoms with Crippen LogP contribution in [0.4, 0.5) is 5.95 Å². The molecule has 2 aromatic rings. The number of benzene rings is 1. The molecule has 0 atom stereocenters. The average molecular weight is 384 g/mol. The first-order valence-electron chi connectivity index (χ1n) is 9.98. The van der Waals surface area contributed by atoms with E-state index in [1.807, 2.05) is 18.2 Å². The third kappa shape index (κ3) is 3.85. The highest BCUT2D eigenvalue weighted by molar-refractivity contribution is 5.41. The molecule has 1 fully saturated rings. The monoisotopic (exact) mass is 384 g/mol. The highest BCUT2D eigenvalue weighted by Gasteiger charge is 2.24. The lowest BCUT2D eigenvalue weighted by molar-refractivity contribution is 0.236. The molecular weight excluding hydrogens is 356 g/mol. The van der Waals surface area contributed by atoms with Crippen molar-refractivity contribution in [2.45, 2.75) is 38.8 Å². The first-order valence-corrected chi connectivity index (χ1v) is 9.98. The van der Waals surface area contributed by atoms with Crippen molar-refractivity contribution >= 4 is 5.95 Å². The van der Waals surface area contributed by atoms with E-state index in [0.29, 0.717) is 6.54 Å². The highest BCUT2D eigenvalue weighted by Crippen LogP contribution is 2.27. The Bertz CT molecular complexity index is 890. The third-order valence-corrected chi connectivity index (χ3v) is 5.68. The first kappa shape index (κ1) is 18.8. The average Bonchev–Trinajstić information content (AvgIpc) is 2.74. The van der Waals surface area contributed by atoms with Crippen LogP contribution in [0.3, 0.4) is 0 Å². The highest BCUT2D eigenvalue weighted by atomic mass is 16.5. The second-order valence-electron chi connectivity index (χ2n) is 7.50. The Morgan fingerprint density at radius 2 is 1.93 bits per heavy atom. The molecule has 2 aliphatic heterocycles. The molecule has 0 spiro atoms. The summed E-state index contributed by atoms with van der Waals surface area (Å²) in [4.78, 5) is 25.0. The number of anilines is 1. The van der Waals surface area contributed by atoms with E-state index in [1.54, 1.807) is 14.2 Å². The third-order valence-electron chi connectivity index (χ3n) is 5.68. The fourth-order valence-electron chi connectivity index (χ4n) is 4.09. The van der Waals surface area contributed by atoms with Crippen molar-refractivity contribution < 1.29 is 9.47 Å². The van der Waals surface area contributed by atoms with Gasteiger partial charge in [-0.1, -0.05) is 6.07 Å². The van der Waals surface area contributed by atoms with E-state index in [0.717, 1.165) is 79.7 Å². The van der Waals surface area contributed by atoms with Crippen LogP contribution in [-0.2, 0) is 19.5 Å². The summed E-state index contributed by atoms with van der Waals surface area (Å²) in [5.41, 5.74) is 2.86. The number of nitrogens with one attached hydrogen (secondary N) is 1. The molecule has 3 heterocycles. The molecule has 4 rings (SSSR count). The zero-order valence-corrected chi connectivity index (χ0v) is 16.7. The van der Waals surface area contributed by atoms with Gasteiger partial charge in [0.2, 0.25) is 5.95 Å². The van der Waals surface area contributed by atoms with E-state index in [9.17, 15) is 4.79 Å². The standard InChI is InChI=1S/C21H28N4O3/c1-27-16-7-6-15(19(12-16)28-2)13-24-11-8-17-18(14-24)22-21(23-20(17)26)25-9-4-3-5-10-25/h6-7,12H,3-5,8-11,13-14H2,1-2H3,(H,22,23,26). The Morgan fingerprint density at radius 1 is 1.11 bits per heavy atom. The number of nitrogens with zero attached hydrogens (tertiary/aromatic N) is 3. The molecule has 7 nitrogen and oxygen atoms in total. The number of methoxy groups -OCH3 is 2. The topological polar surface area (TPSA) is 70.7 Å². The molecule has 150 valence electrons. The molecule has 1 N–H and O–H groups in total. The van der Waals surface area contributed by atoms with Crippen LogP contribution in [0.1, 0.15) is 36.1 Å². The second-order valence-corrected chi connectivity index (χ2v) is 7.50. The van der Waals surface area contributed by atoms with Crippen molar-refractivity contribution in [1.29, 1.82) is 0 Å². The summed E-state index contributed by atoms with van der Waals surface area (Å²) in [7, 11) is 3.33. The number of piperidine rings is 1. The second kappa shape index (κ2) is 8.22. The number of H-pyrrole nitrogens is 1. The Balaban J connectivity index is 1.54. The fourth-order valence-corrected chi connectivity index (χ4v) is 4.09. The maximum Gasteiger partial charge on any atom is 0.255 e. The lowest BCUT2D eigenvalue weighted by Gasteiger charge is -2.31. The minimum Gasteiger partial charge on any atom is -0.497 e. The van der Waals surface area contributed by atoms with Crippen LogP contribution in [-0.4, -0.2) is 48.7 Å². The zero-order chi connectivity index (χ0) is 19.5. The van der Waals surface area contributed by atoms with Gasteiger partial charge in [0.05, 0.1) is 19.9 Å². The molecule has 7 heteroatoms. The van der Waals surface area contributed by atoms with Crippen molar-refractivity contribution in [3.8, 4) is 11.5 Å². The molecule has 0 radical (unpaired) electrons. The SMILES string of the molecule is COc1ccc(CN2CCc3c(nc(N4CCCCC4)[nH]c3=O)C2)c(OC)c1. The lowest BCUT2D eigenvalue weighted by Crippen LogP contribution is -2.38. The van der Waals surface area contributed by atoms with E-state index in [4.69, 9.17) is 14.5 Å². The smallest absolute Gasteiger partial charge is 0.255 e. The minimum absolute atomic E-state index is 0.0206. The molecule has 1 aromatic heterocycles. The van der Waals surface area contributed by atoms with Gasteiger partial charge in [0.15, 0.2) is 0 Å². The van der Waals surface area contributed by atoms with Crippen LogP contribution < -0.4 is 19.9 Å². The van der Waals surface area contributed by atoms with Crippen molar-refractivity contribution in [2.24, 2.45) is 0 Å². The van der Waals surface area contributed by atoms with Crippen molar-refractivity contribution in [1.82, 2.24) is 14.9 Å². The number of hydrogen-bond acceptors (Lipinski definition) is 6. The molecule has 0 bridgehead atoms. The summed E-state index contributed by atoms with van der Waals surface area (Å²) < 4.78 is 10.8. The summed E-state index contributed by atoms with van der Waals surface area (Å²) in [6, 6.07) is 5.90. The van der Waals surface area contributed by atoms with Crippen LogP contribution in [0, 0.1) is 0 Å². The minimum atomic E-state index is 0.0206. The van der Waals surface area contributed by atoms with E-state index in [2.05, 4.69) is 14.8 Å². The van der Waals surface area contributed by atoms with Crippen LogP contribution in [0.5, 0.6) is 11.5 Å². The van der Waals surface area contributed by atoms with Gasteiger partial charge in [-0.25, -0.2) is 4.98 Å². The quantitative estimate of drug-likeness (QED) is 0.853. The maximum atomic E-state index is 12.6. The molecular formula is C21H28N4O3. The predicted molar refractivity (Wildman–Crippen MR) is 108 cm³/mol. The van der Waals surface area contributed by atoms with Gasteiger partial charge >= 0.3 is 0 Å². The predicted octanol–water partition coefficient (Wildman–Crippen LogP) is 2.34. The van der Waals surface area contributed by atoms with Crippen molar-refractivity contribution in [3.05, 3.63) is 45.4 Å². The van der Waals surface area contributed by atoms with Crippen molar-refractivity contribution in [2.75, 3.05) is 38.8 Å². The van der Waals surface area contributed by atoms with Crippen molar-refractivity contribution in [3.63, 3.8) is 0 Å². The van der Waals surface area contributed by atoms with Gasteiger partial charge in [-0.15, -0.1) is 0 Å². The number of ether oxygens (including phenoxy) is 2. The number of aromatic nitrogens is 2. The van der Waals surface area contributed by atoms with E-state index in [-0.39, 0.29) is 5.56 Å². The molecule has 28 heavy (non-hydrogen) atoms. The van der Waals surface area contributed by atoms with Gasteiger partial charge in [0.25, 0.3) is 5.56 Å². The van der Waals surface area contributed by atoms with Gasteiger partial charge in [0.1, 0.15) is 11.5 Å². The normalized spacial score (nSPS) is 17.3. The van der Waals surface area contributed by atoms with Gasteiger partial charge in [-0.2, -0.15) is 0 Å². The molecule has 2 aliphatic rings. The summed E-state index contributed by atoms with van der Waals surface area (Å²) >= 11 is 0. The van der Waals surface area contributed by atoms with Crippen LogP contribution >= 0.6 is 0 Å². The van der Waals surface area contributed by atoms with E-state index < -0.39 is 0 Å². The Hall–Kier alpha value is -2.54. The molecule has 1 aromatic carbocycles. The van der Waals surface area contributed by atoms with Crippen LogP contribution in [0.25, 0.3) is 0 Å². The van der Waals surface area contributed by atoms with Crippen LogP contribution in [0.15, 0.2) is 23.0 Å². The lowest BCUT2D eigenvalue weighted by atomic mass is 10.1. The Morgan fingerprint density at radius 3 is 2.68 bits per heavy atom. The van der Waals surface area contributed by atoms with Gasteiger partial charge in [0, 0.05) is 49.9 Å². The maximum absolute atomic E-state index is 12.6. The Kier molecular flexibility index (Phi) is 5.52. The number of fused-ring (bicyclic) bond motifs is 1. The Labute approximate surface area is 165 Å².